The molecule has 0 amide bonds. The number of hydrogen-bond acceptors (Lipinski definition) is 2. The van der Waals surface area contributed by atoms with Gasteiger partial charge in [-0.05, 0) is 36.2 Å². The summed E-state index contributed by atoms with van der Waals surface area (Å²) < 4.78 is 14.4. The van der Waals surface area contributed by atoms with Crippen molar-refractivity contribution >= 4 is 15.9 Å². The van der Waals surface area contributed by atoms with E-state index in [1.165, 1.54) is 12.3 Å². The Morgan fingerprint density at radius 1 is 1.32 bits per heavy atom. The molecule has 0 radical (unpaired) electrons. The van der Waals surface area contributed by atoms with Crippen LogP contribution in [0.4, 0.5) is 4.39 Å². The average Bonchev–Trinajstić information content (AvgIpc) is 2.41. The third-order valence-corrected chi connectivity index (χ3v) is 3.60. The summed E-state index contributed by atoms with van der Waals surface area (Å²) in [4.78, 5) is 3.94. The van der Waals surface area contributed by atoms with Crippen molar-refractivity contribution in [1.82, 2.24) is 10.3 Å². The van der Waals surface area contributed by atoms with Crippen LogP contribution in [0.5, 0.6) is 0 Å². The second-order valence-corrected chi connectivity index (χ2v) is 5.20. The van der Waals surface area contributed by atoms with Gasteiger partial charge in [-0.3, -0.25) is 4.98 Å². The summed E-state index contributed by atoms with van der Waals surface area (Å²) in [6.45, 7) is 2.97. The van der Waals surface area contributed by atoms with Crippen LogP contribution in [0.2, 0.25) is 0 Å². The third-order valence-electron chi connectivity index (χ3n) is 2.87. The molecule has 1 heterocycles. The van der Waals surface area contributed by atoms with Crippen LogP contribution in [0.3, 0.4) is 0 Å². The summed E-state index contributed by atoms with van der Waals surface area (Å²) in [6.07, 6.45) is 3.94. The molecular formula is C15H16BrFN2. The first-order valence-electron chi connectivity index (χ1n) is 6.30. The first-order valence-corrected chi connectivity index (χ1v) is 7.10. The third kappa shape index (κ3) is 3.61. The minimum atomic E-state index is -0.312. The fourth-order valence-corrected chi connectivity index (χ4v) is 2.51. The molecule has 0 aliphatic carbocycles. The first-order chi connectivity index (χ1) is 9.22. The van der Waals surface area contributed by atoms with Crippen LogP contribution in [0.1, 0.15) is 30.5 Å². The van der Waals surface area contributed by atoms with Gasteiger partial charge in [0.05, 0.1) is 12.2 Å². The summed E-state index contributed by atoms with van der Waals surface area (Å²) in [5.41, 5.74) is 1.92. The zero-order chi connectivity index (χ0) is 13.7. The number of nitrogens with zero attached hydrogens (tertiary/aromatic N) is 1. The second kappa shape index (κ2) is 6.78. The number of rotatable bonds is 5. The fraction of sp³-hybridized carbons (Fsp3) is 0.267. The standard InChI is InChI=1S/C15H16BrFN2/c1-2-7-19-15(11-8-12(17)10-18-9-11)13-5-3-4-6-14(13)16/h3-6,8-10,15,19H,2,7H2,1H3. The highest BCUT2D eigenvalue weighted by atomic mass is 79.9. The molecule has 1 aromatic carbocycles. The van der Waals surface area contributed by atoms with Gasteiger partial charge in [0, 0.05) is 10.7 Å². The Morgan fingerprint density at radius 3 is 2.79 bits per heavy atom. The van der Waals surface area contributed by atoms with Crippen molar-refractivity contribution in [3.63, 3.8) is 0 Å². The molecule has 2 aromatic rings. The van der Waals surface area contributed by atoms with E-state index in [9.17, 15) is 4.39 Å². The SMILES string of the molecule is CCCNC(c1cncc(F)c1)c1ccccc1Br. The average molecular weight is 323 g/mol. The Morgan fingerprint density at radius 2 is 2.11 bits per heavy atom. The molecule has 4 heteroatoms. The van der Waals surface area contributed by atoms with Gasteiger partial charge in [0.2, 0.25) is 0 Å². The Balaban J connectivity index is 2.38. The monoisotopic (exact) mass is 322 g/mol. The van der Waals surface area contributed by atoms with Gasteiger partial charge in [0.25, 0.3) is 0 Å². The molecule has 0 saturated heterocycles. The fourth-order valence-electron chi connectivity index (χ4n) is 1.99. The van der Waals surface area contributed by atoms with E-state index in [-0.39, 0.29) is 11.9 Å². The molecular weight excluding hydrogens is 307 g/mol. The summed E-state index contributed by atoms with van der Waals surface area (Å²) in [5, 5.41) is 3.43. The Labute approximate surface area is 121 Å². The molecule has 0 saturated carbocycles. The normalized spacial score (nSPS) is 12.4. The van der Waals surface area contributed by atoms with Crippen LogP contribution in [-0.2, 0) is 0 Å². The number of pyridine rings is 1. The van der Waals surface area contributed by atoms with Gasteiger partial charge in [-0.1, -0.05) is 41.1 Å². The maximum atomic E-state index is 13.4. The lowest BCUT2D eigenvalue weighted by atomic mass is 10.00. The summed E-state index contributed by atoms with van der Waals surface area (Å²) in [5.74, 6) is -0.312. The van der Waals surface area contributed by atoms with Crippen molar-refractivity contribution in [1.29, 1.82) is 0 Å². The molecule has 19 heavy (non-hydrogen) atoms. The first kappa shape index (κ1) is 14.2. The molecule has 0 bridgehead atoms. The van der Waals surface area contributed by atoms with Crippen LogP contribution in [0.15, 0.2) is 47.2 Å². The van der Waals surface area contributed by atoms with Gasteiger partial charge in [-0.2, -0.15) is 0 Å². The summed E-state index contributed by atoms with van der Waals surface area (Å²) in [6, 6.07) is 9.44. The van der Waals surface area contributed by atoms with E-state index < -0.39 is 0 Å². The maximum absolute atomic E-state index is 13.4. The van der Waals surface area contributed by atoms with E-state index in [1.807, 2.05) is 24.3 Å². The van der Waals surface area contributed by atoms with Crippen molar-refractivity contribution < 1.29 is 4.39 Å². The summed E-state index contributed by atoms with van der Waals surface area (Å²) >= 11 is 3.55. The predicted octanol–water partition coefficient (Wildman–Crippen LogP) is 4.07. The number of benzene rings is 1. The van der Waals surface area contributed by atoms with Crippen molar-refractivity contribution in [3.8, 4) is 0 Å². The zero-order valence-electron chi connectivity index (χ0n) is 10.7. The van der Waals surface area contributed by atoms with Gasteiger partial charge in [0.1, 0.15) is 5.82 Å². The van der Waals surface area contributed by atoms with E-state index in [4.69, 9.17) is 0 Å². The molecule has 2 rings (SSSR count). The van der Waals surface area contributed by atoms with Crippen LogP contribution in [0.25, 0.3) is 0 Å². The van der Waals surface area contributed by atoms with E-state index in [0.29, 0.717) is 0 Å². The lowest BCUT2D eigenvalue weighted by Gasteiger charge is -2.20. The lowest BCUT2D eigenvalue weighted by Crippen LogP contribution is -2.23. The van der Waals surface area contributed by atoms with E-state index in [2.05, 4.69) is 33.2 Å². The van der Waals surface area contributed by atoms with Crippen molar-refractivity contribution in [2.45, 2.75) is 19.4 Å². The number of nitrogens with one attached hydrogen (secondary N) is 1. The number of aromatic nitrogens is 1. The van der Waals surface area contributed by atoms with Crippen LogP contribution < -0.4 is 5.32 Å². The zero-order valence-corrected chi connectivity index (χ0v) is 12.3. The van der Waals surface area contributed by atoms with Gasteiger partial charge in [0.15, 0.2) is 0 Å². The van der Waals surface area contributed by atoms with Crippen LogP contribution in [-0.4, -0.2) is 11.5 Å². The van der Waals surface area contributed by atoms with Gasteiger partial charge in [-0.25, -0.2) is 4.39 Å². The van der Waals surface area contributed by atoms with Crippen LogP contribution >= 0.6 is 15.9 Å². The van der Waals surface area contributed by atoms with Gasteiger partial charge >= 0.3 is 0 Å². The molecule has 1 N–H and O–H groups in total. The highest BCUT2D eigenvalue weighted by Crippen LogP contribution is 2.28. The largest absolute Gasteiger partial charge is 0.306 e. The Hall–Kier alpha value is -1.26. The minimum Gasteiger partial charge on any atom is -0.306 e. The molecule has 1 unspecified atom stereocenters. The number of halogens is 2. The minimum absolute atomic E-state index is 0.0567. The smallest absolute Gasteiger partial charge is 0.141 e. The van der Waals surface area contributed by atoms with E-state index >= 15 is 0 Å². The molecule has 0 aliphatic heterocycles. The molecule has 0 spiro atoms. The molecule has 1 atom stereocenters. The Bertz CT molecular complexity index is 545. The van der Waals surface area contributed by atoms with E-state index in [1.54, 1.807) is 6.20 Å². The van der Waals surface area contributed by atoms with Crippen molar-refractivity contribution in [3.05, 3.63) is 64.1 Å². The quantitative estimate of drug-likeness (QED) is 0.897. The highest BCUT2D eigenvalue weighted by Gasteiger charge is 2.16. The summed E-state index contributed by atoms with van der Waals surface area (Å²) in [7, 11) is 0. The lowest BCUT2D eigenvalue weighted by molar-refractivity contribution is 0.579. The predicted molar refractivity (Wildman–Crippen MR) is 78.5 cm³/mol. The topological polar surface area (TPSA) is 24.9 Å². The second-order valence-electron chi connectivity index (χ2n) is 4.35. The highest BCUT2D eigenvalue weighted by molar-refractivity contribution is 9.10. The maximum Gasteiger partial charge on any atom is 0.141 e. The molecule has 2 nitrogen and oxygen atoms in total. The van der Waals surface area contributed by atoms with Gasteiger partial charge in [-0.15, -0.1) is 0 Å². The Kier molecular flexibility index (Phi) is 5.05. The molecule has 0 fully saturated rings. The van der Waals surface area contributed by atoms with Crippen molar-refractivity contribution in [2.24, 2.45) is 0 Å². The van der Waals surface area contributed by atoms with Crippen LogP contribution in [0, 0.1) is 5.82 Å². The molecule has 1 aromatic heterocycles. The number of hydrogen-bond donors (Lipinski definition) is 1. The van der Waals surface area contributed by atoms with Gasteiger partial charge < -0.3 is 5.32 Å². The molecule has 100 valence electrons. The van der Waals surface area contributed by atoms with E-state index in [0.717, 1.165) is 28.6 Å². The molecule has 0 aliphatic rings. The van der Waals surface area contributed by atoms with Crippen molar-refractivity contribution in [2.75, 3.05) is 6.54 Å².